The molecule has 0 unspecified atom stereocenters. The number of amides is 1. The Labute approximate surface area is 119 Å². The average molecular weight is 278 g/mol. The molecule has 5 nitrogen and oxygen atoms in total. The maximum atomic E-state index is 11.8. The topological polar surface area (TPSA) is 62.1 Å². The largest absolute Gasteiger partial charge is 0.484 e. The van der Waals surface area contributed by atoms with Crippen molar-refractivity contribution in [2.45, 2.75) is 33.2 Å². The number of rotatable bonds is 6. The lowest BCUT2D eigenvalue weighted by Gasteiger charge is -2.21. The first-order valence-electron chi connectivity index (χ1n) is 6.69. The van der Waals surface area contributed by atoms with E-state index in [2.05, 4.69) is 5.16 Å². The van der Waals surface area contributed by atoms with Gasteiger partial charge >= 0.3 is 0 Å². The molecule has 0 saturated heterocycles. The molecule has 0 aliphatic carbocycles. The van der Waals surface area contributed by atoms with E-state index in [1.807, 2.05) is 32.9 Å². The fourth-order valence-electron chi connectivity index (χ4n) is 1.61. The Bertz CT molecular complexity index is 467. The van der Waals surface area contributed by atoms with Crippen molar-refractivity contribution in [2.24, 2.45) is 5.16 Å². The van der Waals surface area contributed by atoms with Gasteiger partial charge < -0.3 is 14.8 Å². The highest BCUT2D eigenvalue weighted by Gasteiger charge is 2.12. The number of hydrogen-bond acceptors (Lipinski definition) is 4. The molecule has 1 aromatic carbocycles. The maximum absolute atomic E-state index is 11.8. The summed E-state index contributed by atoms with van der Waals surface area (Å²) in [6.07, 6.45) is 0.647. The van der Waals surface area contributed by atoms with Gasteiger partial charge in [-0.25, -0.2) is 0 Å². The lowest BCUT2D eigenvalue weighted by Crippen LogP contribution is -2.36. The number of likely N-dealkylation sites (N-methyl/N-ethyl adjacent to an activating group) is 1. The predicted octanol–water partition coefficient (Wildman–Crippen LogP) is 2.52. The number of hydrogen-bond donors (Lipinski definition) is 1. The molecule has 110 valence electrons. The van der Waals surface area contributed by atoms with Crippen LogP contribution in [0.5, 0.6) is 5.75 Å². The third kappa shape index (κ3) is 4.26. The quantitative estimate of drug-likeness (QED) is 0.494. The van der Waals surface area contributed by atoms with E-state index in [1.54, 1.807) is 24.1 Å². The molecule has 0 radical (unpaired) electrons. The Kier molecular flexibility index (Phi) is 6.03. The van der Waals surface area contributed by atoms with Gasteiger partial charge in [-0.2, -0.15) is 0 Å². The molecule has 0 bridgehead atoms. The summed E-state index contributed by atoms with van der Waals surface area (Å²) < 4.78 is 5.45. The van der Waals surface area contributed by atoms with Crippen molar-refractivity contribution in [1.82, 2.24) is 4.90 Å². The molecule has 1 N–H and O–H groups in total. The van der Waals surface area contributed by atoms with Gasteiger partial charge in [-0.15, -0.1) is 0 Å². The molecule has 0 fully saturated rings. The number of oxime groups is 1. The van der Waals surface area contributed by atoms with Gasteiger partial charge in [0.2, 0.25) is 0 Å². The first kappa shape index (κ1) is 16.0. The molecule has 5 heteroatoms. The summed E-state index contributed by atoms with van der Waals surface area (Å²) in [5.74, 6) is 0.558. The van der Waals surface area contributed by atoms with Gasteiger partial charge in [0.1, 0.15) is 5.75 Å². The SMILES string of the molecule is CC/C(=N\O)c1ccc(OCC(=O)N(C)C(C)C)cc1. The molecular weight excluding hydrogens is 256 g/mol. The van der Waals surface area contributed by atoms with E-state index in [0.29, 0.717) is 17.9 Å². The van der Waals surface area contributed by atoms with Crippen LogP contribution in [0.15, 0.2) is 29.4 Å². The van der Waals surface area contributed by atoms with Crippen LogP contribution in [0.1, 0.15) is 32.8 Å². The summed E-state index contributed by atoms with van der Waals surface area (Å²) in [7, 11) is 1.75. The van der Waals surface area contributed by atoms with E-state index in [9.17, 15) is 4.79 Å². The highest BCUT2D eigenvalue weighted by molar-refractivity contribution is 6.00. The molecule has 0 heterocycles. The minimum Gasteiger partial charge on any atom is -0.484 e. The Morgan fingerprint density at radius 3 is 2.40 bits per heavy atom. The van der Waals surface area contributed by atoms with E-state index >= 15 is 0 Å². The average Bonchev–Trinajstić information content (AvgIpc) is 2.46. The van der Waals surface area contributed by atoms with Crippen LogP contribution in [-0.2, 0) is 4.79 Å². The Morgan fingerprint density at radius 1 is 1.35 bits per heavy atom. The fraction of sp³-hybridized carbons (Fsp3) is 0.467. The summed E-state index contributed by atoms with van der Waals surface area (Å²) in [5.41, 5.74) is 1.46. The van der Waals surface area contributed by atoms with Gasteiger partial charge in [0.15, 0.2) is 6.61 Å². The zero-order chi connectivity index (χ0) is 15.1. The van der Waals surface area contributed by atoms with E-state index in [1.165, 1.54) is 0 Å². The first-order chi connectivity index (χ1) is 9.49. The van der Waals surface area contributed by atoms with Gasteiger partial charge in [0, 0.05) is 13.1 Å². The van der Waals surface area contributed by atoms with E-state index in [4.69, 9.17) is 9.94 Å². The monoisotopic (exact) mass is 278 g/mol. The smallest absolute Gasteiger partial charge is 0.260 e. The standard InChI is InChI=1S/C15H22N2O3/c1-5-14(16-19)12-6-8-13(9-7-12)20-10-15(18)17(4)11(2)3/h6-9,11,19H,5,10H2,1-4H3/b16-14+. The van der Waals surface area contributed by atoms with Crippen LogP contribution in [0.3, 0.4) is 0 Å². The van der Waals surface area contributed by atoms with Crippen LogP contribution in [0, 0.1) is 0 Å². The summed E-state index contributed by atoms with van der Waals surface area (Å²) in [5, 5.41) is 12.1. The Balaban J connectivity index is 2.61. The molecule has 0 aliphatic heterocycles. The van der Waals surface area contributed by atoms with Crippen LogP contribution in [0.2, 0.25) is 0 Å². The molecule has 20 heavy (non-hydrogen) atoms. The molecule has 0 aromatic heterocycles. The third-order valence-corrected chi connectivity index (χ3v) is 3.17. The van der Waals surface area contributed by atoms with Crippen LogP contribution >= 0.6 is 0 Å². The second kappa shape index (κ2) is 7.53. The molecular formula is C15H22N2O3. The van der Waals surface area contributed by atoms with E-state index in [0.717, 1.165) is 5.56 Å². The van der Waals surface area contributed by atoms with Crippen molar-refractivity contribution in [3.63, 3.8) is 0 Å². The van der Waals surface area contributed by atoms with Crippen molar-refractivity contribution in [3.05, 3.63) is 29.8 Å². The summed E-state index contributed by atoms with van der Waals surface area (Å²) >= 11 is 0. The van der Waals surface area contributed by atoms with E-state index in [-0.39, 0.29) is 18.6 Å². The van der Waals surface area contributed by atoms with Gasteiger partial charge in [-0.3, -0.25) is 4.79 Å². The zero-order valence-electron chi connectivity index (χ0n) is 12.5. The molecule has 1 amide bonds. The predicted molar refractivity (Wildman–Crippen MR) is 78.5 cm³/mol. The number of carbonyl (C=O) groups excluding carboxylic acids is 1. The zero-order valence-corrected chi connectivity index (χ0v) is 12.5. The lowest BCUT2D eigenvalue weighted by molar-refractivity contribution is -0.133. The summed E-state index contributed by atoms with van der Waals surface area (Å²) in [6, 6.07) is 7.30. The van der Waals surface area contributed by atoms with Crippen molar-refractivity contribution >= 4 is 11.6 Å². The van der Waals surface area contributed by atoms with Crippen LogP contribution in [0.4, 0.5) is 0 Å². The number of carbonyl (C=O) groups is 1. The molecule has 0 spiro atoms. The second-order valence-corrected chi connectivity index (χ2v) is 4.81. The minimum absolute atomic E-state index is 0.0166. The van der Waals surface area contributed by atoms with Gasteiger partial charge in [-0.1, -0.05) is 12.1 Å². The number of nitrogens with zero attached hydrogens (tertiary/aromatic N) is 2. The van der Waals surface area contributed by atoms with Crippen molar-refractivity contribution in [2.75, 3.05) is 13.7 Å². The highest BCUT2D eigenvalue weighted by Crippen LogP contribution is 2.14. The van der Waals surface area contributed by atoms with Crippen LogP contribution in [-0.4, -0.2) is 41.4 Å². The molecule has 0 atom stereocenters. The third-order valence-electron chi connectivity index (χ3n) is 3.17. The van der Waals surface area contributed by atoms with Gasteiger partial charge in [0.25, 0.3) is 5.91 Å². The van der Waals surface area contributed by atoms with Crippen molar-refractivity contribution in [1.29, 1.82) is 0 Å². The Morgan fingerprint density at radius 2 is 1.95 bits per heavy atom. The second-order valence-electron chi connectivity index (χ2n) is 4.81. The van der Waals surface area contributed by atoms with E-state index < -0.39 is 0 Å². The lowest BCUT2D eigenvalue weighted by atomic mass is 10.1. The molecule has 0 saturated carbocycles. The normalized spacial score (nSPS) is 11.6. The molecule has 1 aromatic rings. The van der Waals surface area contributed by atoms with Crippen molar-refractivity contribution < 1.29 is 14.7 Å². The minimum atomic E-state index is -0.0600. The Hall–Kier alpha value is -2.04. The number of ether oxygens (including phenoxy) is 1. The highest BCUT2D eigenvalue weighted by atomic mass is 16.5. The summed E-state index contributed by atoms with van der Waals surface area (Å²) in [6.45, 7) is 5.84. The summed E-state index contributed by atoms with van der Waals surface area (Å²) in [4.78, 5) is 13.4. The van der Waals surface area contributed by atoms with Crippen LogP contribution < -0.4 is 4.74 Å². The van der Waals surface area contributed by atoms with Crippen LogP contribution in [0.25, 0.3) is 0 Å². The van der Waals surface area contributed by atoms with Crippen molar-refractivity contribution in [3.8, 4) is 5.75 Å². The molecule has 0 aliphatic rings. The maximum Gasteiger partial charge on any atom is 0.260 e. The van der Waals surface area contributed by atoms with Gasteiger partial charge in [0.05, 0.1) is 5.71 Å². The fourth-order valence-corrected chi connectivity index (χ4v) is 1.61. The van der Waals surface area contributed by atoms with Gasteiger partial charge in [-0.05, 0) is 50.1 Å². The first-order valence-corrected chi connectivity index (χ1v) is 6.69. The molecule has 1 rings (SSSR count). The number of benzene rings is 1.